The fraction of sp³-hybridized carbons (Fsp3) is 0.333. The van der Waals surface area contributed by atoms with Crippen LogP contribution in [-0.2, 0) is 0 Å². The van der Waals surface area contributed by atoms with Crippen molar-refractivity contribution >= 4 is 17.2 Å². The number of aryl methyl sites for hydroxylation is 2. The predicted molar refractivity (Wildman–Crippen MR) is 79.6 cm³/mol. The van der Waals surface area contributed by atoms with Crippen LogP contribution in [0.4, 0.5) is 5.82 Å². The minimum Gasteiger partial charge on any atom is -0.351 e. The van der Waals surface area contributed by atoms with E-state index in [0.29, 0.717) is 5.56 Å². The maximum absolute atomic E-state index is 9.34. The smallest absolute Gasteiger partial charge is 0.147 e. The number of nitriles is 1. The number of nitrogens with zero attached hydrogens (tertiary/aromatic N) is 3. The van der Waals surface area contributed by atoms with Crippen molar-refractivity contribution in [1.82, 2.24) is 4.98 Å². The first kappa shape index (κ1) is 13.6. The normalized spacial score (nSPS) is 11.9. The highest BCUT2D eigenvalue weighted by Gasteiger charge is 2.19. The van der Waals surface area contributed by atoms with Gasteiger partial charge in [0.15, 0.2) is 0 Å². The van der Waals surface area contributed by atoms with Gasteiger partial charge in [0.1, 0.15) is 11.9 Å². The molecule has 0 saturated heterocycles. The van der Waals surface area contributed by atoms with Crippen LogP contribution in [0, 0.1) is 25.2 Å². The van der Waals surface area contributed by atoms with E-state index in [-0.39, 0.29) is 6.04 Å². The van der Waals surface area contributed by atoms with E-state index in [9.17, 15) is 5.26 Å². The molecule has 0 saturated carbocycles. The predicted octanol–water partition coefficient (Wildman–Crippen LogP) is 3.83. The van der Waals surface area contributed by atoms with Crippen LogP contribution in [0.2, 0.25) is 0 Å². The van der Waals surface area contributed by atoms with Gasteiger partial charge in [0, 0.05) is 17.6 Å². The fourth-order valence-electron chi connectivity index (χ4n) is 2.11. The molecule has 2 aromatic rings. The van der Waals surface area contributed by atoms with Gasteiger partial charge in [-0.3, -0.25) is 0 Å². The van der Waals surface area contributed by atoms with Gasteiger partial charge in [0.25, 0.3) is 0 Å². The quantitative estimate of drug-likeness (QED) is 0.851. The Bertz CT molecular complexity index is 611. The van der Waals surface area contributed by atoms with Crippen LogP contribution >= 0.6 is 11.3 Å². The lowest BCUT2D eigenvalue weighted by molar-refractivity contribution is 0.738. The summed E-state index contributed by atoms with van der Waals surface area (Å²) in [7, 11) is 1.99. The van der Waals surface area contributed by atoms with Crippen molar-refractivity contribution < 1.29 is 0 Å². The number of hydrogen-bond acceptors (Lipinski definition) is 4. The topological polar surface area (TPSA) is 39.9 Å². The van der Waals surface area contributed by atoms with Crippen molar-refractivity contribution in [2.75, 3.05) is 11.9 Å². The van der Waals surface area contributed by atoms with E-state index in [2.05, 4.69) is 34.3 Å². The third kappa shape index (κ3) is 2.61. The number of hydrogen-bond donors (Lipinski definition) is 0. The Morgan fingerprint density at radius 3 is 2.74 bits per heavy atom. The fourth-order valence-corrected chi connectivity index (χ4v) is 2.94. The molecule has 0 fully saturated rings. The summed E-state index contributed by atoms with van der Waals surface area (Å²) in [5.74, 6) is 0.765. The second-order valence-corrected chi connectivity index (χ2v) is 5.67. The monoisotopic (exact) mass is 271 g/mol. The zero-order valence-corrected chi connectivity index (χ0v) is 12.5. The van der Waals surface area contributed by atoms with Crippen molar-refractivity contribution in [2.24, 2.45) is 0 Å². The molecule has 1 unspecified atom stereocenters. The average molecular weight is 271 g/mol. The third-order valence-electron chi connectivity index (χ3n) is 3.31. The Labute approximate surface area is 118 Å². The summed E-state index contributed by atoms with van der Waals surface area (Å²) in [6, 6.07) is 8.59. The molecule has 0 N–H and O–H groups in total. The maximum atomic E-state index is 9.34. The Morgan fingerprint density at radius 1 is 1.42 bits per heavy atom. The van der Waals surface area contributed by atoms with E-state index < -0.39 is 0 Å². The van der Waals surface area contributed by atoms with Crippen LogP contribution in [0.5, 0.6) is 0 Å². The molecular weight excluding hydrogens is 254 g/mol. The summed E-state index contributed by atoms with van der Waals surface area (Å²) in [6.07, 6.45) is 0. The van der Waals surface area contributed by atoms with Gasteiger partial charge in [0.05, 0.1) is 11.6 Å². The molecule has 19 heavy (non-hydrogen) atoms. The Hall–Kier alpha value is -1.86. The summed E-state index contributed by atoms with van der Waals surface area (Å²) in [5, 5.41) is 11.4. The van der Waals surface area contributed by atoms with Gasteiger partial charge in [-0.2, -0.15) is 5.26 Å². The molecule has 0 amide bonds. The summed E-state index contributed by atoms with van der Waals surface area (Å²) < 4.78 is 0. The molecule has 0 aromatic carbocycles. The number of pyridine rings is 1. The minimum absolute atomic E-state index is 0.209. The highest BCUT2D eigenvalue weighted by molar-refractivity contribution is 7.10. The molecule has 3 nitrogen and oxygen atoms in total. The average Bonchev–Trinajstić information content (AvgIpc) is 2.90. The summed E-state index contributed by atoms with van der Waals surface area (Å²) in [4.78, 5) is 7.89. The molecule has 0 radical (unpaired) electrons. The molecule has 0 bridgehead atoms. The molecule has 0 spiro atoms. The summed E-state index contributed by atoms with van der Waals surface area (Å²) in [6.45, 7) is 6.05. The lowest BCUT2D eigenvalue weighted by Crippen LogP contribution is -2.23. The molecule has 4 heteroatoms. The Kier molecular flexibility index (Phi) is 3.87. The first-order valence-electron chi connectivity index (χ1n) is 6.19. The highest BCUT2D eigenvalue weighted by Crippen LogP contribution is 2.30. The molecular formula is C15H17N3S. The van der Waals surface area contributed by atoms with Gasteiger partial charge < -0.3 is 4.90 Å². The zero-order valence-electron chi connectivity index (χ0n) is 11.6. The first-order chi connectivity index (χ1) is 9.04. The molecule has 0 aliphatic heterocycles. The minimum atomic E-state index is 0.209. The third-order valence-corrected chi connectivity index (χ3v) is 4.35. The van der Waals surface area contributed by atoms with E-state index in [1.807, 2.05) is 33.0 Å². The van der Waals surface area contributed by atoms with Gasteiger partial charge in [-0.1, -0.05) is 6.07 Å². The molecule has 2 heterocycles. The van der Waals surface area contributed by atoms with Gasteiger partial charge in [-0.15, -0.1) is 11.3 Å². The second-order valence-electron chi connectivity index (χ2n) is 4.69. The van der Waals surface area contributed by atoms with Crippen LogP contribution in [-0.4, -0.2) is 12.0 Å². The van der Waals surface area contributed by atoms with Gasteiger partial charge in [-0.25, -0.2) is 4.98 Å². The molecule has 1 atom stereocenters. The molecule has 0 aliphatic carbocycles. The van der Waals surface area contributed by atoms with Crippen molar-refractivity contribution in [3.8, 4) is 6.07 Å². The van der Waals surface area contributed by atoms with Crippen LogP contribution in [0.15, 0.2) is 23.6 Å². The van der Waals surface area contributed by atoms with Crippen LogP contribution < -0.4 is 4.90 Å². The van der Waals surface area contributed by atoms with Crippen LogP contribution in [0.3, 0.4) is 0 Å². The summed E-state index contributed by atoms with van der Waals surface area (Å²) in [5.41, 5.74) is 2.59. The van der Waals surface area contributed by atoms with E-state index >= 15 is 0 Å². The number of aromatic nitrogens is 1. The molecule has 2 aromatic heterocycles. The van der Waals surface area contributed by atoms with Crippen molar-refractivity contribution in [1.29, 1.82) is 5.26 Å². The van der Waals surface area contributed by atoms with E-state index in [1.54, 1.807) is 11.3 Å². The highest BCUT2D eigenvalue weighted by atomic mass is 32.1. The van der Waals surface area contributed by atoms with Crippen molar-refractivity contribution in [2.45, 2.75) is 26.8 Å². The second kappa shape index (κ2) is 5.41. The van der Waals surface area contributed by atoms with E-state index in [1.165, 1.54) is 4.88 Å². The van der Waals surface area contributed by atoms with E-state index in [0.717, 1.165) is 17.1 Å². The number of anilines is 1. The largest absolute Gasteiger partial charge is 0.351 e. The zero-order chi connectivity index (χ0) is 14.0. The Balaban J connectivity index is 2.44. The SMILES string of the molecule is Cc1cc(C)c(C#N)c(N(C)C(C)c2cccs2)n1. The van der Waals surface area contributed by atoms with E-state index in [4.69, 9.17) is 0 Å². The molecule has 98 valence electrons. The lowest BCUT2D eigenvalue weighted by atomic mass is 10.1. The number of thiophene rings is 1. The number of rotatable bonds is 3. The standard InChI is InChI=1S/C15H17N3S/c1-10-8-11(2)17-15(13(10)9-16)18(4)12(3)14-6-5-7-19-14/h5-8,12H,1-4H3. The maximum Gasteiger partial charge on any atom is 0.147 e. The van der Waals surface area contributed by atoms with Crippen molar-refractivity contribution in [3.63, 3.8) is 0 Å². The molecule has 2 rings (SSSR count). The molecule has 0 aliphatic rings. The van der Waals surface area contributed by atoms with Gasteiger partial charge in [0.2, 0.25) is 0 Å². The summed E-state index contributed by atoms with van der Waals surface area (Å²) >= 11 is 1.72. The van der Waals surface area contributed by atoms with Crippen LogP contribution in [0.1, 0.15) is 34.7 Å². The van der Waals surface area contributed by atoms with Gasteiger partial charge in [-0.05, 0) is 43.8 Å². The van der Waals surface area contributed by atoms with Crippen molar-refractivity contribution in [3.05, 3.63) is 45.3 Å². The van der Waals surface area contributed by atoms with Gasteiger partial charge >= 0.3 is 0 Å². The Morgan fingerprint density at radius 2 is 2.16 bits per heavy atom. The first-order valence-corrected chi connectivity index (χ1v) is 7.07. The lowest BCUT2D eigenvalue weighted by Gasteiger charge is -2.26. The van der Waals surface area contributed by atoms with Crippen LogP contribution in [0.25, 0.3) is 0 Å².